The molecule has 0 N–H and O–H groups in total. The number of hydrogen-bond donors (Lipinski definition) is 0. The summed E-state index contributed by atoms with van der Waals surface area (Å²) in [5.41, 5.74) is 0.978. The van der Waals surface area contributed by atoms with Gasteiger partial charge in [0.15, 0.2) is 0 Å². The Hall–Kier alpha value is -2.33. The maximum atomic E-state index is 12.4. The molecule has 0 aliphatic carbocycles. The highest BCUT2D eigenvalue weighted by Crippen LogP contribution is 2.33. The normalized spacial score (nSPS) is 11.9. The van der Waals surface area contributed by atoms with Crippen LogP contribution >= 0.6 is 11.6 Å². The summed E-state index contributed by atoms with van der Waals surface area (Å²) in [6.45, 7) is 5.92. The van der Waals surface area contributed by atoms with Gasteiger partial charge < -0.3 is 9.47 Å². The van der Waals surface area contributed by atoms with Crippen molar-refractivity contribution in [2.75, 3.05) is 6.61 Å². The number of carbonyl (C=O) groups excluding carboxylic acids is 2. The summed E-state index contributed by atoms with van der Waals surface area (Å²) in [4.78, 5) is 24.8. The summed E-state index contributed by atoms with van der Waals surface area (Å²) in [5.74, 6) is -1.03. The zero-order valence-corrected chi connectivity index (χ0v) is 15.2. The van der Waals surface area contributed by atoms with E-state index in [-0.39, 0.29) is 11.9 Å². The summed E-state index contributed by atoms with van der Waals surface area (Å²) < 4.78 is 10.7. The van der Waals surface area contributed by atoms with E-state index in [9.17, 15) is 9.59 Å². The van der Waals surface area contributed by atoms with Crippen LogP contribution in [0.25, 0.3) is 0 Å². The standard InChI is InChI=1S/C20H21ClO4/c1-4-24-20(23)18(13(2)3)16-10-5-6-11-17(16)25-19(22)14-8-7-9-15(21)12-14/h5-13,18H,4H2,1-3H3. The van der Waals surface area contributed by atoms with E-state index in [2.05, 4.69) is 0 Å². The van der Waals surface area contributed by atoms with Crippen molar-refractivity contribution in [3.8, 4) is 5.75 Å². The summed E-state index contributed by atoms with van der Waals surface area (Å²) in [7, 11) is 0. The first-order chi connectivity index (χ1) is 11.9. The van der Waals surface area contributed by atoms with E-state index in [4.69, 9.17) is 21.1 Å². The third kappa shape index (κ3) is 4.83. The van der Waals surface area contributed by atoms with Crippen LogP contribution in [0.4, 0.5) is 0 Å². The first-order valence-electron chi connectivity index (χ1n) is 8.17. The smallest absolute Gasteiger partial charge is 0.343 e. The molecule has 25 heavy (non-hydrogen) atoms. The van der Waals surface area contributed by atoms with E-state index in [1.807, 2.05) is 13.8 Å². The van der Waals surface area contributed by atoms with Crippen LogP contribution in [-0.4, -0.2) is 18.5 Å². The SMILES string of the molecule is CCOC(=O)C(c1ccccc1OC(=O)c1cccc(Cl)c1)C(C)C. The molecular weight excluding hydrogens is 340 g/mol. The van der Waals surface area contributed by atoms with Crippen molar-refractivity contribution in [1.29, 1.82) is 0 Å². The maximum Gasteiger partial charge on any atom is 0.343 e. The van der Waals surface area contributed by atoms with Gasteiger partial charge in [0.2, 0.25) is 0 Å². The maximum absolute atomic E-state index is 12.4. The van der Waals surface area contributed by atoms with E-state index >= 15 is 0 Å². The molecule has 0 saturated heterocycles. The first kappa shape index (κ1) is 19.0. The lowest BCUT2D eigenvalue weighted by Gasteiger charge is -2.21. The fourth-order valence-corrected chi connectivity index (χ4v) is 2.79. The molecule has 0 aliphatic heterocycles. The van der Waals surface area contributed by atoms with E-state index in [1.165, 1.54) is 6.07 Å². The number of rotatable bonds is 6. The monoisotopic (exact) mass is 360 g/mol. The van der Waals surface area contributed by atoms with Crippen LogP contribution in [-0.2, 0) is 9.53 Å². The Morgan fingerprint density at radius 2 is 1.80 bits per heavy atom. The second kappa shape index (κ2) is 8.67. The Morgan fingerprint density at radius 3 is 2.44 bits per heavy atom. The van der Waals surface area contributed by atoms with Gasteiger partial charge >= 0.3 is 11.9 Å². The van der Waals surface area contributed by atoms with Gasteiger partial charge in [-0.2, -0.15) is 0 Å². The van der Waals surface area contributed by atoms with Gasteiger partial charge in [-0.25, -0.2) is 4.79 Å². The molecule has 0 fully saturated rings. The lowest BCUT2D eigenvalue weighted by molar-refractivity contribution is -0.146. The summed E-state index contributed by atoms with van der Waals surface area (Å²) in [6.07, 6.45) is 0. The largest absolute Gasteiger partial charge is 0.466 e. The summed E-state index contributed by atoms with van der Waals surface area (Å²) in [5, 5.41) is 0.453. The molecule has 1 atom stereocenters. The Kier molecular flexibility index (Phi) is 6.59. The molecule has 0 bridgehead atoms. The van der Waals surface area contributed by atoms with Gasteiger partial charge in [0, 0.05) is 10.6 Å². The van der Waals surface area contributed by atoms with Crippen LogP contribution < -0.4 is 4.74 Å². The molecule has 2 rings (SSSR count). The van der Waals surface area contributed by atoms with Crippen molar-refractivity contribution in [2.45, 2.75) is 26.7 Å². The van der Waals surface area contributed by atoms with Crippen LogP contribution in [0.15, 0.2) is 48.5 Å². The predicted molar refractivity (Wildman–Crippen MR) is 97.1 cm³/mol. The third-order valence-corrected chi connectivity index (χ3v) is 3.96. The number of halogens is 1. The van der Waals surface area contributed by atoms with E-state index < -0.39 is 11.9 Å². The van der Waals surface area contributed by atoms with Crippen LogP contribution in [0.1, 0.15) is 42.6 Å². The molecule has 2 aromatic rings. The minimum Gasteiger partial charge on any atom is -0.466 e. The Balaban J connectivity index is 2.33. The average Bonchev–Trinajstić information content (AvgIpc) is 2.56. The van der Waals surface area contributed by atoms with Crippen LogP contribution in [0, 0.1) is 5.92 Å². The summed E-state index contributed by atoms with van der Waals surface area (Å²) >= 11 is 5.92. The molecule has 0 heterocycles. The van der Waals surface area contributed by atoms with Gasteiger partial charge in [0.1, 0.15) is 5.75 Å². The number of benzene rings is 2. The van der Waals surface area contributed by atoms with E-state index in [0.717, 1.165) is 0 Å². The van der Waals surface area contributed by atoms with Gasteiger partial charge in [0.05, 0.1) is 18.1 Å². The van der Waals surface area contributed by atoms with Crippen LogP contribution in [0.3, 0.4) is 0 Å². The fraction of sp³-hybridized carbons (Fsp3) is 0.300. The highest BCUT2D eigenvalue weighted by molar-refractivity contribution is 6.30. The second-order valence-corrected chi connectivity index (χ2v) is 6.35. The molecule has 0 saturated carbocycles. The first-order valence-corrected chi connectivity index (χ1v) is 8.55. The highest BCUT2D eigenvalue weighted by Gasteiger charge is 2.29. The number of para-hydroxylation sites is 1. The summed E-state index contributed by atoms with van der Waals surface area (Å²) in [6, 6.07) is 13.5. The topological polar surface area (TPSA) is 52.6 Å². The Morgan fingerprint density at radius 1 is 1.08 bits per heavy atom. The highest BCUT2D eigenvalue weighted by atomic mass is 35.5. The molecular formula is C20H21ClO4. The quantitative estimate of drug-likeness (QED) is 0.545. The third-order valence-electron chi connectivity index (χ3n) is 3.72. The lowest BCUT2D eigenvalue weighted by Crippen LogP contribution is -2.22. The molecule has 132 valence electrons. The Labute approximate surface area is 152 Å². The predicted octanol–water partition coefficient (Wildman–Crippen LogP) is 4.86. The molecule has 0 aromatic heterocycles. The lowest BCUT2D eigenvalue weighted by atomic mass is 9.88. The molecule has 1 unspecified atom stereocenters. The van der Waals surface area contributed by atoms with Crippen LogP contribution in [0.5, 0.6) is 5.75 Å². The molecule has 0 radical (unpaired) electrons. The van der Waals surface area contributed by atoms with Gasteiger partial charge in [-0.15, -0.1) is 0 Å². The van der Waals surface area contributed by atoms with Crippen molar-refractivity contribution in [3.05, 3.63) is 64.7 Å². The molecule has 0 amide bonds. The zero-order valence-electron chi connectivity index (χ0n) is 14.5. The number of hydrogen-bond acceptors (Lipinski definition) is 4. The minimum absolute atomic E-state index is 0.00919. The average molecular weight is 361 g/mol. The second-order valence-electron chi connectivity index (χ2n) is 5.91. The van der Waals surface area contributed by atoms with Crippen molar-refractivity contribution in [1.82, 2.24) is 0 Å². The van der Waals surface area contributed by atoms with Gasteiger partial charge in [-0.1, -0.05) is 49.7 Å². The van der Waals surface area contributed by atoms with E-state index in [0.29, 0.717) is 28.5 Å². The number of carbonyl (C=O) groups is 2. The van der Waals surface area contributed by atoms with Gasteiger partial charge in [0.25, 0.3) is 0 Å². The molecule has 4 nitrogen and oxygen atoms in total. The molecule has 0 spiro atoms. The molecule has 2 aromatic carbocycles. The van der Waals surface area contributed by atoms with Crippen molar-refractivity contribution >= 4 is 23.5 Å². The van der Waals surface area contributed by atoms with Crippen molar-refractivity contribution in [3.63, 3.8) is 0 Å². The fourth-order valence-electron chi connectivity index (χ4n) is 2.59. The van der Waals surface area contributed by atoms with E-state index in [1.54, 1.807) is 49.4 Å². The molecule has 5 heteroatoms. The van der Waals surface area contributed by atoms with Crippen molar-refractivity contribution in [2.24, 2.45) is 5.92 Å². The molecule has 0 aliphatic rings. The number of esters is 2. The minimum atomic E-state index is -0.527. The van der Waals surface area contributed by atoms with Crippen LogP contribution in [0.2, 0.25) is 5.02 Å². The zero-order chi connectivity index (χ0) is 18.4. The Bertz CT molecular complexity index is 755. The van der Waals surface area contributed by atoms with Gasteiger partial charge in [-0.05, 0) is 37.1 Å². The van der Waals surface area contributed by atoms with Crippen molar-refractivity contribution < 1.29 is 19.1 Å². The number of ether oxygens (including phenoxy) is 2. The van der Waals surface area contributed by atoms with Gasteiger partial charge in [-0.3, -0.25) is 4.79 Å².